The minimum absolute atomic E-state index is 0. The second kappa shape index (κ2) is 8.66. The van der Waals surface area contributed by atoms with Crippen LogP contribution in [-0.4, -0.2) is 18.1 Å². The molecule has 1 N–H and O–H groups in total. The third kappa shape index (κ3) is 4.84. The normalized spacial score (nSPS) is 10.7. The van der Waals surface area contributed by atoms with Crippen LogP contribution in [0.4, 0.5) is 0 Å². The zero-order valence-electron chi connectivity index (χ0n) is 14.2. The van der Waals surface area contributed by atoms with Crippen molar-refractivity contribution in [2.24, 2.45) is 0 Å². The predicted octanol–water partition coefficient (Wildman–Crippen LogP) is 1.29. The van der Waals surface area contributed by atoms with Crippen molar-refractivity contribution in [2.75, 3.05) is 0 Å². The average molecular weight is 374 g/mol. The number of hydrogen-bond acceptors (Lipinski definition) is 4. The molecule has 4 nitrogen and oxygen atoms in total. The van der Waals surface area contributed by atoms with E-state index in [1.807, 2.05) is 30.3 Å². The first-order valence-electron chi connectivity index (χ1n) is 7.56. The summed E-state index contributed by atoms with van der Waals surface area (Å²) < 4.78 is 32.7. The summed E-state index contributed by atoms with van der Waals surface area (Å²) in [5.74, 6) is 0.323. The second-order valence-electron chi connectivity index (χ2n) is 5.46. The van der Waals surface area contributed by atoms with E-state index in [1.54, 1.807) is 48.5 Å². The molecule has 0 saturated carbocycles. The van der Waals surface area contributed by atoms with E-state index >= 15 is 0 Å². The van der Waals surface area contributed by atoms with Gasteiger partial charge in [0.15, 0.2) is 0 Å². The van der Waals surface area contributed by atoms with E-state index in [1.165, 1.54) is 6.07 Å². The molecule has 0 atom stereocenters. The number of aromatic hydroxyl groups is 1. The predicted molar refractivity (Wildman–Crippen MR) is 97.5 cm³/mol. The van der Waals surface area contributed by atoms with Gasteiger partial charge in [-0.3, -0.25) is 0 Å². The first-order chi connectivity index (χ1) is 11.9. The van der Waals surface area contributed by atoms with Crippen molar-refractivity contribution < 1.29 is 47.6 Å². The maximum Gasteiger partial charge on any atom is 1.00 e. The molecule has 4 aromatic rings. The van der Waals surface area contributed by atoms with Crippen molar-refractivity contribution in [1.29, 1.82) is 0 Å². The van der Waals surface area contributed by atoms with Gasteiger partial charge in [-0.15, -0.1) is 0 Å². The van der Waals surface area contributed by atoms with Gasteiger partial charge >= 0.3 is 29.6 Å². The summed E-state index contributed by atoms with van der Waals surface area (Å²) in [4.78, 5) is -0.157. The summed E-state index contributed by atoms with van der Waals surface area (Å²) in [6, 6.07) is 24.9. The molecule has 126 valence electrons. The number of benzene rings is 4. The Morgan fingerprint density at radius 3 is 1.96 bits per heavy atom. The average Bonchev–Trinajstić information content (AvgIpc) is 2.61. The van der Waals surface area contributed by atoms with Gasteiger partial charge in [0.2, 0.25) is 0 Å². The Balaban J connectivity index is 0.000000184. The van der Waals surface area contributed by atoms with Gasteiger partial charge in [-0.05, 0) is 39.7 Å². The number of fused-ring (bicyclic) bond motifs is 2. The number of rotatable bonds is 1. The Morgan fingerprint density at radius 2 is 1.27 bits per heavy atom. The molecule has 0 heterocycles. The van der Waals surface area contributed by atoms with Crippen molar-refractivity contribution >= 4 is 31.7 Å². The van der Waals surface area contributed by atoms with E-state index in [2.05, 4.69) is 0 Å². The standard InChI is InChI=1S/C10H8O3S.C10H8O.Na/c11-14(12,13)10-7-3-5-8-4-1-2-6-9(8)10;11-10-6-5-8-3-1-2-4-9(8)7-10;/h1-7H,(H,11,12,13);1-7,11H;/q;;+1/p-1. The minimum atomic E-state index is -4.38. The van der Waals surface area contributed by atoms with Gasteiger partial charge in [0, 0.05) is 0 Å². The fourth-order valence-corrected chi connectivity index (χ4v) is 3.29. The molecule has 26 heavy (non-hydrogen) atoms. The number of phenols is 1. The maximum absolute atomic E-state index is 10.9. The maximum atomic E-state index is 10.9. The first-order valence-corrected chi connectivity index (χ1v) is 8.97. The smallest absolute Gasteiger partial charge is 0.744 e. The fourth-order valence-electron chi connectivity index (χ4n) is 2.59. The molecule has 0 fully saturated rings. The molecule has 4 rings (SSSR count). The van der Waals surface area contributed by atoms with Gasteiger partial charge in [-0.2, -0.15) is 0 Å². The zero-order valence-corrected chi connectivity index (χ0v) is 17.0. The van der Waals surface area contributed by atoms with Crippen LogP contribution in [-0.2, 0) is 10.1 Å². The van der Waals surface area contributed by atoms with E-state index in [9.17, 15) is 13.0 Å². The molecule has 0 spiro atoms. The molecule has 0 aliphatic rings. The third-order valence-corrected chi connectivity index (χ3v) is 4.65. The van der Waals surface area contributed by atoms with Gasteiger partial charge in [0.1, 0.15) is 15.9 Å². The van der Waals surface area contributed by atoms with Crippen LogP contribution in [0.15, 0.2) is 89.8 Å². The Bertz CT molecular complexity index is 1140. The van der Waals surface area contributed by atoms with Crippen LogP contribution in [0.25, 0.3) is 21.5 Å². The van der Waals surface area contributed by atoms with Crippen LogP contribution in [0, 0.1) is 0 Å². The molecule has 6 heteroatoms. The molecule has 0 bridgehead atoms. The van der Waals surface area contributed by atoms with Gasteiger partial charge < -0.3 is 9.66 Å². The van der Waals surface area contributed by atoms with Crippen molar-refractivity contribution in [3.05, 3.63) is 84.9 Å². The molecular formula is C20H15NaO4S. The third-order valence-electron chi connectivity index (χ3n) is 3.75. The first kappa shape index (κ1) is 20.4. The van der Waals surface area contributed by atoms with E-state index in [0.29, 0.717) is 11.1 Å². The van der Waals surface area contributed by atoms with Crippen molar-refractivity contribution in [2.45, 2.75) is 4.90 Å². The SMILES string of the molecule is O=S(=O)([O-])c1cccc2ccccc12.Oc1ccc2ccccc2c1.[Na+]. The number of phenolic OH excluding ortho intramolecular Hbond substituents is 1. The summed E-state index contributed by atoms with van der Waals surface area (Å²) in [5, 5.41) is 12.6. The van der Waals surface area contributed by atoms with Gasteiger partial charge in [0.05, 0.1) is 4.90 Å². The second-order valence-corrected chi connectivity index (χ2v) is 6.81. The van der Waals surface area contributed by atoms with E-state index in [4.69, 9.17) is 5.11 Å². The molecule has 0 aliphatic carbocycles. The Kier molecular flexibility index (Phi) is 6.81. The largest absolute Gasteiger partial charge is 1.00 e. The minimum Gasteiger partial charge on any atom is -0.744 e. The van der Waals surface area contributed by atoms with E-state index in [-0.39, 0.29) is 34.5 Å². The topological polar surface area (TPSA) is 77.4 Å². The molecule has 4 aromatic carbocycles. The monoisotopic (exact) mass is 374 g/mol. The van der Waals surface area contributed by atoms with Crippen LogP contribution >= 0.6 is 0 Å². The van der Waals surface area contributed by atoms with Crippen molar-refractivity contribution in [3.63, 3.8) is 0 Å². The van der Waals surface area contributed by atoms with Crippen LogP contribution < -0.4 is 29.6 Å². The molecule has 0 radical (unpaired) electrons. The molecule has 0 aromatic heterocycles. The molecule has 0 saturated heterocycles. The number of hydrogen-bond donors (Lipinski definition) is 1. The Hall–Kier alpha value is -1.89. The van der Waals surface area contributed by atoms with Crippen molar-refractivity contribution in [1.82, 2.24) is 0 Å². The van der Waals surface area contributed by atoms with E-state index in [0.717, 1.165) is 16.2 Å². The zero-order chi connectivity index (χ0) is 17.9. The quantitative estimate of drug-likeness (QED) is 0.402. The Labute approximate surface area is 174 Å². The molecule has 0 aliphatic heterocycles. The summed E-state index contributed by atoms with van der Waals surface area (Å²) in [7, 11) is -4.38. The summed E-state index contributed by atoms with van der Waals surface area (Å²) >= 11 is 0. The summed E-state index contributed by atoms with van der Waals surface area (Å²) in [6.07, 6.45) is 0. The van der Waals surface area contributed by atoms with E-state index < -0.39 is 10.1 Å². The fraction of sp³-hybridized carbons (Fsp3) is 0. The molecule has 0 amide bonds. The van der Waals surface area contributed by atoms with Crippen LogP contribution in [0.3, 0.4) is 0 Å². The summed E-state index contributed by atoms with van der Waals surface area (Å²) in [6.45, 7) is 0. The van der Waals surface area contributed by atoms with Crippen LogP contribution in [0.1, 0.15) is 0 Å². The molecular weight excluding hydrogens is 359 g/mol. The summed E-state index contributed by atoms with van der Waals surface area (Å²) in [5.41, 5.74) is 0. The van der Waals surface area contributed by atoms with Gasteiger partial charge in [0.25, 0.3) is 0 Å². The van der Waals surface area contributed by atoms with Crippen molar-refractivity contribution in [3.8, 4) is 5.75 Å². The van der Waals surface area contributed by atoms with Crippen LogP contribution in [0.2, 0.25) is 0 Å². The molecule has 0 unspecified atom stereocenters. The van der Waals surface area contributed by atoms with Gasteiger partial charge in [-0.1, -0.05) is 66.7 Å². The Morgan fingerprint density at radius 1 is 0.692 bits per heavy atom. The van der Waals surface area contributed by atoms with Gasteiger partial charge in [-0.25, -0.2) is 8.42 Å². The van der Waals surface area contributed by atoms with Crippen LogP contribution in [0.5, 0.6) is 5.75 Å².